The third-order valence-corrected chi connectivity index (χ3v) is 5.21. The summed E-state index contributed by atoms with van der Waals surface area (Å²) < 4.78 is 18.1. The van der Waals surface area contributed by atoms with E-state index in [2.05, 4.69) is 53.8 Å². The second-order valence-electron chi connectivity index (χ2n) is 7.73. The standard InChI is InChI=1S/C25H27NO3.C2H2O4/c1-4-10-20(11-5-1)24(21-12-6-2-7-13-21)25-28-19-23(29-25)18-26-16-17-27-22-14-8-3-9-15-22;3-1(4)2(5)6/h1-15,23-26H,16-19H2;(H,3,4)(H,5,6)/t23-,25-;/m0./s1. The summed E-state index contributed by atoms with van der Waals surface area (Å²) in [5.74, 6) is -2.70. The Morgan fingerprint density at radius 2 is 1.37 bits per heavy atom. The van der Waals surface area contributed by atoms with Gasteiger partial charge in [-0.1, -0.05) is 78.9 Å². The monoisotopic (exact) mass is 479 g/mol. The van der Waals surface area contributed by atoms with Crippen LogP contribution in [0.5, 0.6) is 5.75 Å². The Morgan fingerprint density at radius 1 is 0.857 bits per heavy atom. The number of hydrogen-bond donors (Lipinski definition) is 3. The van der Waals surface area contributed by atoms with Gasteiger partial charge >= 0.3 is 11.9 Å². The summed E-state index contributed by atoms with van der Waals surface area (Å²) in [7, 11) is 0. The summed E-state index contributed by atoms with van der Waals surface area (Å²) in [5, 5.41) is 18.2. The van der Waals surface area contributed by atoms with E-state index in [0.717, 1.165) is 18.8 Å². The van der Waals surface area contributed by atoms with E-state index >= 15 is 0 Å². The van der Waals surface area contributed by atoms with Crippen molar-refractivity contribution >= 4 is 11.9 Å². The summed E-state index contributed by atoms with van der Waals surface area (Å²) in [6.45, 7) is 2.72. The average Bonchev–Trinajstić information content (AvgIpc) is 3.34. The summed E-state index contributed by atoms with van der Waals surface area (Å²) in [5.41, 5.74) is 2.40. The normalized spacial score (nSPS) is 16.8. The lowest BCUT2D eigenvalue weighted by Gasteiger charge is -2.24. The number of rotatable bonds is 9. The summed E-state index contributed by atoms with van der Waals surface area (Å²) >= 11 is 0. The maximum absolute atomic E-state index is 9.10. The highest BCUT2D eigenvalue weighted by atomic mass is 16.7. The first-order valence-electron chi connectivity index (χ1n) is 11.3. The van der Waals surface area contributed by atoms with Crippen LogP contribution in [0.2, 0.25) is 0 Å². The second kappa shape index (κ2) is 13.9. The molecule has 0 bridgehead atoms. The van der Waals surface area contributed by atoms with Gasteiger partial charge in [-0.2, -0.15) is 0 Å². The molecule has 8 nitrogen and oxygen atoms in total. The number of hydrogen-bond acceptors (Lipinski definition) is 6. The van der Waals surface area contributed by atoms with Crippen LogP contribution in [0.4, 0.5) is 0 Å². The molecule has 0 amide bonds. The minimum atomic E-state index is -1.82. The molecule has 0 saturated carbocycles. The number of benzene rings is 3. The fraction of sp³-hybridized carbons (Fsp3) is 0.259. The second-order valence-corrected chi connectivity index (χ2v) is 7.73. The topological polar surface area (TPSA) is 114 Å². The predicted molar refractivity (Wildman–Crippen MR) is 129 cm³/mol. The van der Waals surface area contributed by atoms with Crippen LogP contribution in [0, 0.1) is 0 Å². The first kappa shape index (κ1) is 25.9. The van der Waals surface area contributed by atoms with Crippen molar-refractivity contribution in [3.8, 4) is 5.75 Å². The highest BCUT2D eigenvalue weighted by Crippen LogP contribution is 2.33. The van der Waals surface area contributed by atoms with Crippen molar-refractivity contribution in [2.75, 3.05) is 26.3 Å². The van der Waals surface area contributed by atoms with E-state index in [9.17, 15) is 0 Å². The van der Waals surface area contributed by atoms with E-state index in [-0.39, 0.29) is 18.3 Å². The Labute approximate surface area is 204 Å². The largest absolute Gasteiger partial charge is 0.492 e. The zero-order chi connectivity index (χ0) is 24.9. The Bertz CT molecular complexity index is 980. The van der Waals surface area contributed by atoms with Crippen molar-refractivity contribution in [1.82, 2.24) is 5.32 Å². The molecule has 1 heterocycles. The summed E-state index contributed by atoms with van der Waals surface area (Å²) in [4.78, 5) is 18.2. The van der Waals surface area contributed by atoms with E-state index in [0.29, 0.717) is 13.2 Å². The molecular formula is C27H29NO7. The number of aliphatic carboxylic acids is 2. The average molecular weight is 480 g/mol. The molecule has 0 unspecified atom stereocenters. The highest BCUT2D eigenvalue weighted by Gasteiger charge is 2.34. The van der Waals surface area contributed by atoms with Crippen LogP contribution in [0.15, 0.2) is 91.0 Å². The third kappa shape index (κ3) is 8.53. The van der Waals surface area contributed by atoms with Gasteiger partial charge in [0.2, 0.25) is 0 Å². The van der Waals surface area contributed by atoms with Crippen molar-refractivity contribution in [3.63, 3.8) is 0 Å². The molecule has 184 valence electrons. The van der Waals surface area contributed by atoms with Crippen molar-refractivity contribution < 1.29 is 34.0 Å². The SMILES string of the molecule is O=C(O)C(=O)O.c1ccc(OCCNC[C@H]2CO[C@H](C(c3ccccc3)c3ccccc3)O2)cc1. The van der Waals surface area contributed by atoms with Gasteiger partial charge in [0.25, 0.3) is 0 Å². The molecule has 1 saturated heterocycles. The summed E-state index contributed by atoms with van der Waals surface area (Å²) in [6, 6.07) is 30.7. The molecule has 2 atom stereocenters. The molecule has 0 aromatic heterocycles. The Kier molecular flexibility index (Phi) is 10.3. The molecular weight excluding hydrogens is 450 g/mol. The molecule has 1 aliphatic rings. The van der Waals surface area contributed by atoms with Gasteiger partial charge in [-0.3, -0.25) is 0 Å². The maximum Gasteiger partial charge on any atom is 0.414 e. The minimum absolute atomic E-state index is 0.0339. The van der Waals surface area contributed by atoms with Crippen molar-refractivity contribution in [3.05, 3.63) is 102 Å². The molecule has 0 spiro atoms. The van der Waals surface area contributed by atoms with Crippen LogP contribution < -0.4 is 10.1 Å². The minimum Gasteiger partial charge on any atom is -0.492 e. The van der Waals surface area contributed by atoms with Gasteiger partial charge in [0.05, 0.1) is 18.6 Å². The lowest BCUT2D eigenvalue weighted by molar-refractivity contribution is -0.159. The fourth-order valence-electron chi connectivity index (χ4n) is 3.60. The number of carbonyl (C=O) groups is 2. The van der Waals surface area contributed by atoms with Gasteiger partial charge < -0.3 is 29.7 Å². The highest BCUT2D eigenvalue weighted by molar-refractivity contribution is 6.27. The molecule has 3 N–H and O–H groups in total. The Hall–Kier alpha value is -3.72. The predicted octanol–water partition coefficient (Wildman–Crippen LogP) is 3.38. The maximum atomic E-state index is 9.10. The van der Waals surface area contributed by atoms with Gasteiger partial charge in [0, 0.05) is 13.1 Å². The number of carboxylic acids is 2. The molecule has 0 aliphatic carbocycles. The first-order valence-corrected chi connectivity index (χ1v) is 11.3. The fourth-order valence-corrected chi connectivity index (χ4v) is 3.60. The van der Waals surface area contributed by atoms with Gasteiger partial charge in [0.15, 0.2) is 6.29 Å². The molecule has 0 radical (unpaired) electrons. The molecule has 1 aliphatic heterocycles. The Balaban J connectivity index is 0.000000509. The lowest BCUT2D eigenvalue weighted by atomic mass is 9.91. The molecule has 3 aromatic rings. The van der Waals surface area contributed by atoms with Crippen LogP contribution in [-0.2, 0) is 19.1 Å². The van der Waals surface area contributed by atoms with Crippen LogP contribution in [-0.4, -0.2) is 60.8 Å². The van der Waals surface area contributed by atoms with E-state index < -0.39 is 11.9 Å². The number of ether oxygens (including phenoxy) is 3. The third-order valence-electron chi connectivity index (χ3n) is 5.21. The summed E-state index contributed by atoms with van der Waals surface area (Å²) in [6.07, 6.45) is -0.251. The zero-order valence-electron chi connectivity index (χ0n) is 19.2. The molecule has 4 rings (SSSR count). The van der Waals surface area contributed by atoms with Crippen LogP contribution in [0.25, 0.3) is 0 Å². The number of nitrogens with one attached hydrogen (secondary N) is 1. The number of para-hydroxylation sites is 1. The molecule has 3 aromatic carbocycles. The quantitative estimate of drug-likeness (QED) is 0.316. The number of carboxylic acid groups (broad SMARTS) is 2. The van der Waals surface area contributed by atoms with Crippen LogP contribution in [0.1, 0.15) is 17.0 Å². The van der Waals surface area contributed by atoms with Gasteiger partial charge in [-0.25, -0.2) is 9.59 Å². The van der Waals surface area contributed by atoms with Crippen molar-refractivity contribution in [1.29, 1.82) is 0 Å². The van der Waals surface area contributed by atoms with Gasteiger partial charge in [-0.05, 0) is 23.3 Å². The smallest absolute Gasteiger partial charge is 0.414 e. The molecule has 1 fully saturated rings. The zero-order valence-corrected chi connectivity index (χ0v) is 19.2. The van der Waals surface area contributed by atoms with Crippen molar-refractivity contribution in [2.24, 2.45) is 0 Å². The van der Waals surface area contributed by atoms with Crippen LogP contribution in [0.3, 0.4) is 0 Å². The molecule has 35 heavy (non-hydrogen) atoms. The van der Waals surface area contributed by atoms with Crippen LogP contribution >= 0.6 is 0 Å². The van der Waals surface area contributed by atoms with Gasteiger partial charge in [-0.15, -0.1) is 0 Å². The lowest BCUT2D eigenvalue weighted by Crippen LogP contribution is -2.32. The van der Waals surface area contributed by atoms with E-state index in [1.165, 1.54) is 11.1 Å². The van der Waals surface area contributed by atoms with E-state index in [1.807, 2.05) is 42.5 Å². The van der Waals surface area contributed by atoms with E-state index in [4.69, 9.17) is 34.0 Å². The molecule has 8 heteroatoms. The van der Waals surface area contributed by atoms with E-state index in [1.54, 1.807) is 0 Å². The Morgan fingerprint density at radius 3 is 1.89 bits per heavy atom. The van der Waals surface area contributed by atoms with Crippen molar-refractivity contribution in [2.45, 2.75) is 18.3 Å². The van der Waals surface area contributed by atoms with Gasteiger partial charge in [0.1, 0.15) is 12.4 Å². The first-order chi connectivity index (χ1) is 17.0.